The van der Waals surface area contributed by atoms with E-state index in [1.165, 1.54) is 11.1 Å². The maximum Gasteiger partial charge on any atom is 0.161 e. The van der Waals surface area contributed by atoms with Crippen LogP contribution in [-0.2, 0) is 13.2 Å². The first-order chi connectivity index (χ1) is 12.7. The highest BCUT2D eigenvalue weighted by Gasteiger charge is 2.07. The first-order valence-corrected chi connectivity index (χ1v) is 9.48. The molecule has 4 heteroatoms. The Morgan fingerprint density at radius 2 is 1.81 bits per heavy atom. The van der Waals surface area contributed by atoms with Crippen LogP contribution < -0.4 is 14.8 Å². The first kappa shape index (κ1) is 20.3. The average Bonchev–Trinajstić information content (AvgIpc) is 2.64. The van der Waals surface area contributed by atoms with Gasteiger partial charge in [0.15, 0.2) is 11.5 Å². The van der Waals surface area contributed by atoms with Gasteiger partial charge < -0.3 is 19.9 Å². The summed E-state index contributed by atoms with van der Waals surface area (Å²) < 4.78 is 11.8. The van der Waals surface area contributed by atoms with Gasteiger partial charge in [-0.1, -0.05) is 35.9 Å². The Labute approximate surface area is 157 Å². The largest absolute Gasteiger partial charge is 0.490 e. The molecule has 2 aromatic rings. The third-order valence-electron chi connectivity index (χ3n) is 4.13. The quantitative estimate of drug-likeness (QED) is 0.558. The van der Waals surface area contributed by atoms with Crippen LogP contribution in [0.5, 0.6) is 11.5 Å². The molecule has 26 heavy (non-hydrogen) atoms. The van der Waals surface area contributed by atoms with E-state index in [2.05, 4.69) is 42.6 Å². The summed E-state index contributed by atoms with van der Waals surface area (Å²) in [6.07, 6.45) is 3.01. The van der Waals surface area contributed by atoms with Crippen LogP contribution in [-0.4, -0.2) is 24.9 Å². The van der Waals surface area contributed by atoms with Gasteiger partial charge in [-0.15, -0.1) is 0 Å². The summed E-state index contributed by atoms with van der Waals surface area (Å²) >= 11 is 0. The molecular weight excluding hydrogens is 326 g/mol. The molecule has 0 bridgehead atoms. The van der Waals surface area contributed by atoms with E-state index in [0.717, 1.165) is 49.4 Å². The molecule has 0 aliphatic heterocycles. The lowest BCUT2D eigenvalue weighted by molar-refractivity contribution is 0.269. The molecule has 0 atom stereocenters. The molecule has 0 saturated carbocycles. The Kier molecular flexibility index (Phi) is 9.01. The summed E-state index contributed by atoms with van der Waals surface area (Å²) in [5.74, 6) is 1.57. The van der Waals surface area contributed by atoms with E-state index in [4.69, 9.17) is 14.6 Å². The summed E-state index contributed by atoms with van der Waals surface area (Å²) in [7, 11) is 0. The highest BCUT2D eigenvalue weighted by Crippen LogP contribution is 2.29. The van der Waals surface area contributed by atoms with Gasteiger partial charge in [0.1, 0.15) is 6.61 Å². The maximum atomic E-state index is 8.79. The average molecular weight is 357 g/mol. The zero-order chi connectivity index (χ0) is 18.6. The van der Waals surface area contributed by atoms with Gasteiger partial charge in [0.25, 0.3) is 0 Å². The molecule has 0 fully saturated rings. The minimum Gasteiger partial charge on any atom is -0.490 e. The lowest BCUT2D eigenvalue weighted by Gasteiger charge is -2.14. The van der Waals surface area contributed by atoms with Crippen molar-refractivity contribution in [2.24, 2.45) is 0 Å². The van der Waals surface area contributed by atoms with Crippen LogP contribution in [0.15, 0.2) is 42.5 Å². The van der Waals surface area contributed by atoms with Crippen molar-refractivity contribution in [2.45, 2.75) is 46.3 Å². The van der Waals surface area contributed by atoms with E-state index in [1.807, 2.05) is 19.1 Å². The summed E-state index contributed by atoms with van der Waals surface area (Å²) in [6, 6.07) is 14.5. The van der Waals surface area contributed by atoms with Gasteiger partial charge in [0.05, 0.1) is 6.61 Å². The van der Waals surface area contributed by atoms with Gasteiger partial charge in [-0.2, -0.15) is 0 Å². The fourth-order valence-corrected chi connectivity index (χ4v) is 2.78. The van der Waals surface area contributed by atoms with Crippen molar-refractivity contribution in [1.29, 1.82) is 0 Å². The van der Waals surface area contributed by atoms with Gasteiger partial charge >= 0.3 is 0 Å². The van der Waals surface area contributed by atoms with E-state index in [0.29, 0.717) is 13.2 Å². The Morgan fingerprint density at radius 3 is 2.58 bits per heavy atom. The Bertz CT molecular complexity index is 658. The Balaban J connectivity index is 1.90. The topological polar surface area (TPSA) is 50.7 Å². The van der Waals surface area contributed by atoms with E-state index >= 15 is 0 Å². The van der Waals surface area contributed by atoms with E-state index < -0.39 is 0 Å². The van der Waals surface area contributed by atoms with Gasteiger partial charge in [0, 0.05) is 13.2 Å². The highest BCUT2D eigenvalue weighted by atomic mass is 16.5. The van der Waals surface area contributed by atoms with Crippen LogP contribution in [0.1, 0.15) is 42.9 Å². The number of unbranched alkanes of at least 4 members (excludes halogenated alkanes) is 2. The molecular formula is C22H31NO3. The van der Waals surface area contributed by atoms with Gasteiger partial charge in [-0.05, 0) is 62.9 Å². The van der Waals surface area contributed by atoms with Gasteiger partial charge in [-0.3, -0.25) is 0 Å². The third kappa shape index (κ3) is 7.06. The molecule has 2 N–H and O–H groups in total. The molecule has 142 valence electrons. The van der Waals surface area contributed by atoms with Crippen LogP contribution >= 0.6 is 0 Å². The van der Waals surface area contributed by atoms with E-state index in [9.17, 15) is 0 Å². The standard InChI is InChI=1S/C22H31NO3/c1-3-25-22-15-19(16-23-12-5-4-6-13-24)10-11-21(22)26-17-20-9-7-8-18(2)14-20/h7-11,14-15,23-24H,3-6,12-13,16-17H2,1-2H3. The molecule has 2 rings (SSSR count). The SMILES string of the molecule is CCOc1cc(CNCCCCCO)ccc1OCc1cccc(C)c1. The lowest BCUT2D eigenvalue weighted by atomic mass is 10.1. The molecule has 0 unspecified atom stereocenters. The normalized spacial score (nSPS) is 10.7. The van der Waals surface area contributed by atoms with Crippen LogP contribution in [0.2, 0.25) is 0 Å². The summed E-state index contributed by atoms with van der Waals surface area (Å²) in [5, 5.41) is 12.2. The molecule has 0 aromatic heterocycles. The summed E-state index contributed by atoms with van der Waals surface area (Å²) in [6.45, 7) is 7.24. The fraction of sp³-hybridized carbons (Fsp3) is 0.455. The number of nitrogens with one attached hydrogen (secondary N) is 1. The van der Waals surface area contributed by atoms with Gasteiger partial charge in [-0.25, -0.2) is 0 Å². The maximum absolute atomic E-state index is 8.79. The third-order valence-corrected chi connectivity index (χ3v) is 4.13. The number of benzene rings is 2. The number of aryl methyl sites for hydroxylation is 1. The van der Waals surface area contributed by atoms with Crippen LogP contribution in [0.25, 0.3) is 0 Å². The summed E-state index contributed by atoms with van der Waals surface area (Å²) in [4.78, 5) is 0. The van der Waals surface area contributed by atoms with Crippen molar-refractivity contribution >= 4 is 0 Å². The highest BCUT2D eigenvalue weighted by molar-refractivity contribution is 5.43. The lowest BCUT2D eigenvalue weighted by Crippen LogP contribution is -2.15. The van der Waals surface area contributed by atoms with Crippen molar-refractivity contribution in [1.82, 2.24) is 5.32 Å². The predicted octanol–water partition coefficient (Wildman–Crippen LogP) is 4.22. The number of ether oxygens (including phenoxy) is 2. The second kappa shape index (κ2) is 11.6. The molecule has 0 aliphatic rings. The number of aliphatic hydroxyl groups excluding tert-OH is 1. The molecule has 0 heterocycles. The molecule has 4 nitrogen and oxygen atoms in total. The molecule has 0 spiro atoms. The van der Waals surface area contributed by atoms with Crippen molar-refractivity contribution in [3.8, 4) is 11.5 Å². The number of aliphatic hydroxyl groups is 1. The van der Waals surface area contributed by atoms with Gasteiger partial charge in [0.2, 0.25) is 0 Å². The molecule has 0 amide bonds. The molecule has 0 aliphatic carbocycles. The van der Waals surface area contributed by atoms with Crippen LogP contribution in [0.4, 0.5) is 0 Å². The van der Waals surface area contributed by atoms with E-state index in [1.54, 1.807) is 0 Å². The second-order valence-corrected chi connectivity index (χ2v) is 6.45. The van der Waals surface area contributed by atoms with Crippen molar-refractivity contribution in [3.63, 3.8) is 0 Å². The minimum absolute atomic E-state index is 0.279. The zero-order valence-electron chi connectivity index (χ0n) is 16.0. The first-order valence-electron chi connectivity index (χ1n) is 9.48. The number of hydrogen-bond acceptors (Lipinski definition) is 4. The van der Waals surface area contributed by atoms with Crippen molar-refractivity contribution in [2.75, 3.05) is 19.8 Å². The minimum atomic E-state index is 0.279. The smallest absolute Gasteiger partial charge is 0.161 e. The monoisotopic (exact) mass is 357 g/mol. The number of hydrogen-bond donors (Lipinski definition) is 2. The fourth-order valence-electron chi connectivity index (χ4n) is 2.78. The molecule has 2 aromatic carbocycles. The zero-order valence-corrected chi connectivity index (χ0v) is 16.0. The molecule has 0 saturated heterocycles. The predicted molar refractivity (Wildman–Crippen MR) is 106 cm³/mol. The summed E-state index contributed by atoms with van der Waals surface area (Å²) in [5.41, 5.74) is 3.57. The van der Waals surface area contributed by atoms with Crippen molar-refractivity contribution in [3.05, 3.63) is 59.2 Å². The molecule has 0 radical (unpaired) electrons. The van der Waals surface area contributed by atoms with Crippen LogP contribution in [0, 0.1) is 6.92 Å². The van der Waals surface area contributed by atoms with E-state index in [-0.39, 0.29) is 6.61 Å². The number of rotatable bonds is 12. The second-order valence-electron chi connectivity index (χ2n) is 6.45. The Hall–Kier alpha value is -2.04. The van der Waals surface area contributed by atoms with Crippen LogP contribution in [0.3, 0.4) is 0 Å². The Morgan fingerprint density at radius 1 is 0.923 bits per heavy atom. The van der Waals surface area contributed by atoms with Crippen molar-refractivity contribution < 1.29 is 14.6 Å².